The summed E-state index contributed by atoms with van der Waals surface area (Å²) in [7, 11) is 0. The number of amides is 1. The first-order chi connectivity index (χ1) is 18.1. The fourth-order valence-electron chi connectivity index (χ4n) is 5.11. The Bertz CT molecular complexity index is 924. The van der Waals surface area contributed by atoms with Gasteiger partial charge in [-0.3, -0.25) is 9.59 Å². The van der Waals surface area contributed by atoms with Crippen molar-refractivity contribution in [1.82, 2.24) is 5.32 Å². The molecule has 10 atom stereocenters. The van der Waals surface area contributed by atoms with Crippen molar-refractivity contribution in [2.75, 3.05) is 0 Å². The minimum Gasteiger partial charge on any atom is -0.455 e. The molecule has 1 fully saturated rings. The standard InChI is InChI=1S/C30H49NO8/c1-8-23(34)20(4)28-24(39-28)17-29(6,36)14-9-10-18(2)27-19(3)11-12-25(38-21(5)32)30(7,37)15-13-22(33)16-26(35)31-27/h9-12,14,19-20,22-25,27-28,33-34,36-37H,8,13,15-17H2,1-7H3,(H,31,35)/b12-11+,14-9+,18-10+/t19-,20+,22+,23-,24-,25-,27+,28+,29-,30+/m0/s1. The van der Waals surface area contributed by atoms with E-state index in [0.29, 0.717) is 12.8 Å². The number of nitrogens with one attached hydrogen (secondary N) is 1. The van der Waals surface area contributed by atoms with Crippen LogP contribution in [0, 0.1) is 11.8 Å². The molecule has 2 aliphatic rings. The molecule has 39 heavy (non-hydrogen) atoms. The van der Waals surface area contributed by atoms with Gasteiger partial charge in [0.05, 0.1) is 42.5 Å². The molecule has 1 amide bonds. The smallest absolute Gasteiger partial charge is 0.303 e. The van der Waals surface area contributed by atoms with Gasteiger partial charge in [0.15, 0.2) is 0 Å². The largest absolute Gasteiger partial charge is 0.455 e. The van der Waals surface area contributed by atoms with Crippen molar-refractivity contribution >= 4 is 11.9 Å². The van der Waals surface area contributed by atoms with E-state index >= 15 is 0 Å². The molecule has 222 valence electrons. The van der Waals surface area contributed by atoms with E-state index in [0.717, 1.165) is 5.57 Å². The van der Waals surface area contributed by atoms with Gasteiger partial charge in [-0.1, -0.05) is 50.6 Å². The molecule has 0 radical (unpaired) electrons. The molecule has 0 spiro atoms. The second-order valence-corrected chi connectivity index (χ2v) is 11.9. The molecule has 0 aromatic heterocycles. The highest BCUT2D eigenvalue weighted by Crippen LogP contribution is 2.37. The van der Waals surface area contributed by atoms with Crippen LogP contribution in [0.2, 0.25) is 0 Å². The summed E-state index contributed by atoms with van der Waals surface area (Å²) < 4.78 is 11.1. The van der Waals surface area contributed by atoms with E-state index < -0.39 is 41.5 Å². The van der Waals surface area contributed by atoms with Crippen LogP contribution in [0.3, 0.4) is 0 Å². The average Bonchev–Trinajstić information content (AvgIpc) is 3.59. The van der Waals surface area contributed by atoms with Crippen molar-refractivity contribution in [1.29, 1.82) is 0 Å². The molecule has 1 saturated heterocycles. The summed E-state index contributed by atoms with van der Waals surface area (Å²) in [5.41, 5.74) is -1.72. The Kier molecular flexibility index (Phi) is 11.9. The highest BCUT2D eigenvalue weighted by Gasteiger charge is 2.47. The van der Waals surface area contributed by atoms with Crippen LogP contribution in [0.15, 0.2) is 36.0 Å². The third kappa shape index (κ3) is 10.5. The summed E-state index contributed by atoms with van der Waals surface area (Å²) in [6.45, 7) is 12.2. The summed E-state index contributed by atoms with van der Waals surface area (Å²) in [5, 5.41) is 45.3. The molecule has 0 unspecified atom stereocenters. The van der Waals surface area contributed by atoms with Crippen LogP contribution in [0.4, 0.5) is 0 Å². The first-order valence-corrected chi connectivity index (χ1v) is 14.0. The van der Waals surface area contributed by atoms with Crippen LogP contribution in [-0.4, -0.2) is 80.1 Å². The van der Waals surface area contributed by atoms with E-state index in [1.165, 1.54) is 6.92 Å². The minimum atomic E-state index is -1.41. The molecule has 2 aliphatic heterocycles. The summed E-state index contributed by atoms with van der Waals surface area (Å²) in [4.78, 5) is 24.4. The van der Waals surface area contributed by atoms with Crippen molar-refractivity contribution in [3.63, 3.8) is 0 Å². The zero-order chi connectivity index (χ0) is 29.5. The third-order valence-corrected chi connectivity index (χ3v) is 7.83. The van der Waals surface area contributed by atoms with Crippen LogP contribution in [0.25, 0.3) is 0 Å². The van der Waals surface area contributed by atoms with E-state index in [4.69, 9.17) is 9.47 Å². The van der Waals surface area contributed by atoms with Gasteiger partial charge in [-0.25, -0.2) is 0 Å². The van der Waals surface area contributed by atoms with Gasteiger partial charge in [-0.2, -0.15) is 0 Å². The monoisotopic (exact) mass is 551 g/mol. The Hall–Kier alpha value is -2.04. The lowest BCUT2D eigenvalue weighted by molar-refractivity contribution is -0.156. The number of allylic oxidation sites excluding steroid dienone is 2. The van der Waals surface area contributed by atoms with Gasteiger partial charge in [-0.05, 0) is 52.0 Å². The number of epoxide rings is 1. The topological polar surface area (TPSA) is 149 Å². The van der Waals surface area contributed by atoms with E-state index in [1.807, 2.05) is 33.8 Å². The summed E-state index contributed by atoms with van der Waals surface area (Å²) in [6, 6.07) is -0.439. The Morgan fingerprint density at radius 1 is 1.36 bits per heavy atom. The molecule has 0 aromatic carbocycles. The van der Waals surface area contributed by atoms with Crippen molar-refractivity contribution in [2.45, 2.75) is 128 Å². The molecule has 0 aliphatic carbocycles. The number of carbonyl (C=O) groups excluding carboxylic acids is 2. The Balaban J connectivity index is 2.18. The lowest BCUT2D eigenvalue weighted by Gasteiger charge is -2.32. The molecule has 0 aromatic rings. The maximum absolute atomic E-state index is 12.7. The molecular formula is C30H49NO8. The van der Waals surface area contributed by atoms with Crippen LogP contribution in [0.5, 0.6) is 0 Å². The molecule has 2 heterocycles. The second kappa shape index (κ2) is 14.0. The first kappa shape index (κ1) is 33.2. The number of rotatable bonds is 9. The van der Waals surface area contributed by atoms with Crippen molar-refractivity contribution in [2.24, 2.45) is 11.8 Å². The number of hydrogen-bond donors (Lipinski definition) is 5. The minimum absolute atomic E-state index is 0.00355. The molecule has 9 heteroatoms. The maximum Gasteiger partial charge on any atom is 0.303 e. The van der Waals surface area contributed by atoms with Crippen LogP contribution in [0.1, 0.15) is 80.6 Å². The zero-order valence-corrected chi connectivity index (χ0v) is 24.5. The van der Waals surface area contributed by atoms with Gasteiger partial charge in [0.2, 0.25) is 5.91 Å². The van der Waals surface area contributed by atoms with Gasteiger partial charge in [0.25, 0.3) is 0 Å². The molecular weight excluding hydrogens is 502 g/mol. The quantitative estimate of drug-likeness (QED) is 0.127. The average molecular weight is 552 g/mol. The Labute approximate surface area is 233 Å². The predicted molar refractivity (Wildman–Crippen MR) is 149 cm³/mol. The van der Waals surface area contributed by atoms with Crippen LogP contribution >= 0.6 is 0 Å². The fourth-order valence-corrected chi connectivity index (χ4v) is 5.11. The zero-order valence-electron chi connectivity index (χ0n) is 24.5. The lowest BCUT2D eigenvalue weighted by atomic mass is 9.87. The number of hydrogen-bond acceptors (Lipinski definition) is 8. The highest BCUT2D eigenvalue weighted by atomic mass is 16.6. The summed E-state index contributed by atoms with van der Waals surface area (Å²) >= 11 is 0. The normalized spacial score (nSPS) is 36.6. The lowest BCUT2D eigenvalue weighted by Crippen LogP contribution is -2.44. The Morgan fingerprint density at radius 3 is 2.64 bits per heavy atom. The van der Waals surface area contributed by atoms with Crippen LogP contribution < -0.4 is 5.32 Å². The summed E-state index contributed by atoms with van der Waals surface area (Å²) in [5.74, 6) is -1.07. The van der Waals surface area contributed by atoms with Crippen LogP contribution in [-0.2, 0) is 19.1 Å². The molecule has 2 rings (SSSR count). The second-order valence-electron chi connectivity index (χ2n) is 11.9. The van der Waals surface area contributed by atoms with E-state index in [1.54, 1.807) is 38.2 Å². The highest BCUT2D eigenvalue weighted by molar-refractivity contribution is 5.77. The predicted octanol–water partition coefficient (Wildman–Crippen LogP) is 2.71. The first-order valence-electron chi connectivity index (χ1n) is 14.0. The number of aliphatic hydroxyl groups excluding tert-OH is 2. The fraction of sp³-hybridized carbons (Fsp3) is 0.733. The van der Waals surface area contributed by atoms with Gasteiger partial charge in [-0.15, -0.1) is 0 Å². The Morgan fingerprint density at radius 2 is 2.03 bits per heavy atom. The van der Waals surface area contributed by atoms with Crippen molar-refractivity contribution in [3.8, 4) is 0 Å². The van der Waals surface area contributed by atoms with E-state index in [2.05, 4.69) is 5.32 Å². The number of ether oxygens (including phenoxy) is 2. The SMILES string of the molecule is CC[C@H](O)[C@@H](C)[C@H]1O[C@H]1C[C@@](C)(O)/C=C/C=C(\C)[C@H]1NC(=O)C[C@H](O)CC[C@@](C)(O)[C@@H](OC(C)=O)/C=C/[C@@H]1C. The molecule has 0 saturated carbocycles. The van der Waals surface area contributed by atoms with E-state index in [9.17, 15) is 30.0 Å². The number of carbonyl (C=O) groups is 2. The third-order valence-electron chi connectivity index (χ3n) is 7.83. The van der Waals surface area contributed by atoms with Crippen molar-refractivity contribution < 1.29 is 39.5 Å². The van der Waals surface area contributed by atoms with Gasteiger partial charge in [0, 0.05) is 19.3 Å². The molecule has 9 nitrogen and oxygen atoms in total. The molecule has 0 bridgehead atoms. The van der Waals surface area contributed by atoms with E-state index in [-0.39, 0.29) is 49.2 Å². The van der Waals surface area contributed by atoms with Gasteiger partial charge in [0.1, 0.15) is 11.7 Å². The van der Waals surface area contributed by atoms with Gasteiger partial charge < -0.3 is 35.2 Å². The number of aliphatic hydroxyl groups is 4. The molecule has 5 N–H and O–H groups in total. The number of esters is 1. The summed E-state index contributed by atoms with van der Waals surface area (Å²) in [6.07, 6.45) is 7.47. The van der Waals surface area contributed by atoms with Gasteiger partial charge >= 0.3 is 5.97 Å². The maximum atomic E-state index is 12.7. The van der Waals surface area contributed by atoms with Crippen molar-refractivity contribution in [3.05, 3.63) is 36.0 Å².